The van der Waals surface area contributed by atoms with Gasteiger partial charge in [-0.15, -0.1) is 5.10 Å². The van der Waals surface area contributed by atoms with Crippen LogP contribution in [0.4, 0.5) is 4.79 Å². The largest absolute Gasteiger partial charge is 0.458 e. The fraction of sp³-hybridized carbons (Fsp3) is 0.647. The Labute approximate surface area is 279 Å². The molecule has 0 spiro atoms. The van der Waals surface area contributed by atoms with Crippen molar-refractivity contribution in [1.82, 2.24) is 30.2 Å². The Morgan fingerprint density at radius 1 is 1.11 bits per heavy atom. The molecule has 2 fully saturated rings. The number of hydrogen-bond acceptors (Lipinski definition) is 10. The van der Waals surface area contributed by atoms with Gasteiger partial charge in [-0.1, -0.05) is 44.2 Å². The van der Waals surface area contributed by atoms with Gasteiger partial charge in [-0.25, -0.2) is 9.48 Å². The highest BCUT2D eigenvalue weighted by Crippen LogP contribution is 2.40. The van der Waals surface area contributed by atoms with E-state index < -0.39 is 53.1 Å². The highest BCUT2D eigenvalue weighted by atomic mass is 16.6. The summed E-state index contributed by atoms with van der Waals surface area (Å²) in [4.78, 5) is 46.5. The maximum atomic E-state index is 13.5. The van der Waals surface area contributed by atoms with Crippen LogP contribution < -0.4 is 5.32 Å². The second-order valence-corrected chi connectivity index (χ2v) is 13.5. The monoisotopic (exact) mass is 648 g/mol. The fourth-order valence-corrected chi connectivity index (χ4v) is 7.01. The fourth-order valence-electron chi connectivity index (χ4n) is 7.01. The standard InChI is InChI=1S/C34H49BN6O6/c1-9-27-34(7)30(41(32(44)47-34)17-13-12-16-40-20-26(38-39-40)25-14-10-11-15-36-25)24(5)37-19-21(2)18-33(6,45-8)29(35)22(3)28(42)23(4)31(43)46-27/h10-15,20-24,27,29-30,37H,9,16-19H2,1-8H3/b13-12+/t21-,22+,23-,24-,27-,29-,30-,33-,34-/m1/s1. The number of methoxy groups -OCH3 is 1. The quantitative estimate of drug-likeness (QED) is 0.203. The molecule has 2 radical (unpaired) electrons. The predicted octanol–water partition coefficient (Wildman–Crippen LogP) is 4.02. The summed E-state index contributed by atoms with van der Waals surface area (Å²) in [6.07, 6.45) is 6.97. The molecule has 2 aromatic heterocycles. The Kier molecular flexibility index (Phi) is 11.7. The number of nitrogens with zero attached hydrogens (tertiary/aromatic N) is 5. The summed E-state index contributed by atoms with van der Waals surface area (Å²) in [7, 11) is 8.24. The molecule has 0 unspecified atom stereocenters. The molecule has 47 heavy (non-hydrogen) atoms. The van der Waals surface area contributed by atoms with Gasteiger partial charge in [-0.2, -0.15) is 0 Å². The number of ketones is 1. The van der Waals surface area contributed by atoms with Crippen LogP contribution in [-0.2, 0) is 30.3 Å². The summed E-state index contributed by atoms with van der Waals surface area (Å²) >= 11 is 0. The number of fused-ring (bicyclic) bond motifs is 1. The summed E-state index contributed by atoms with van der Waals surface area (Å²) in [5.74, 6) is -3.23. The number of cyclic esters (lactones) is 1. The van der Waals surface area contributed by atoms with Crippen LogP contribution in [0.25, 0.3) is 11.4 Å². The van der Waals surface area contributed by atoms with E-state index in [4.69, 9.17) is 22.1 Å². The number of hydrogen-bond donors (Lipinski definition) is 1. The van der Waals surface area contributed by atoms with Crippen molar-refractivity contribution in [3.05, 3.63) is 42.7 Å². The van der Waals surface area contributed by atoms with E-state index in [1.165, 1.54) is 0 Å². The minimum absolute atomic E-state index is 0.106. The van der Waals surface area contributed by atoms with Crippen LogP contribution in [0.2, 0.25) is 5.82 Å². The third-order valence-corrected chi connectivity index (χ3v) is 9.92. The molecule has 12 nitrogen and oxygen atoms in total. The molecular formula is C34H49BN6O6. The predicted molar refractivity (Wildman–Crippen MR) is 177 cm³/mol. The molecule has 2 aliphatic heterocycles. The van der Waals surface area contributed by atoms with Gasteiger partial charge in [0.1, 0.15) is 23.5 Å². The van der Waals surface area contributed by atoms with Crippen LogP contribution >= 0.6 is 0 Å². The molecule has 2 saturated heterocycles. The summed E-state index contributed by atoms with van der Waals surface area (Å²) in [5.41, 5.74) is -0.604. The van der Waals surface area contributed by atoms with Crippen LogP contribution in [-0.4, -0.2) is 100 Å². The minimum atomic E-state index is -1.19. The van der Waals surface area contributed by atoms with Crippen LogP contribution in [0.15, 0.2) is 42.7 Å². The number of carbonyl (C=O) groups excluding carboxylic acids is 3. The van der Waals surface area contributed by atoms with Crippen molar-refractivity contribution in [3.8, 4) is 11.4 Å². The van der Waals surface area contributed by atoms with Gasteiger partial charge in [0.15, 0.2) is 5.60 Å². The number of ether oxygens (including phenoxy) is 3. The zero-order chi connectivity index (χ0) is 34.5. The van der Waals surface area contributed by atoms with E-state index in [-0.39, 0.29) is 24.3 Å². The first-order valence-electron chi connectivity index (χ1n) is 16.5. The van der Waals surface area contributed by atoms with Gasteiger partial charge < -0.3 is 19.5 Å². The molecule has 9 atom stereocenters. The van der Waals surface area contributed by atoms with E-state index in [1.807, 2.05) is 64.2 Å². The Hall–Kier alpha value is -3.58. The third kappa shape index (κ3) is 7.78. The van der Waals surface area contributed by atoms with Crippen molar-refractivity contribution in [1.29, 1.82) is 0 Å². The molecule has 13 heteroatoms. The second-order valence-electron chi connectivity index (χ2n) is 13.5. The number of amides is 1. The van der Waals surface area contributed by atoms with Gasteiger partial charge in [0.25, 0.3) is 0 Å². The van der Waals surface area contributed by atoms with E-state index in [2.05, 4.69) is 27.5 Å². The molecule has 4 rings (SSSR count). The molecule has 0 aromatic carbocycles. The van der Waals surface area contributed by atoms with Crippen LogP contribution in [0, 0.1) is 17.8 Å². The highest BCUT2D eigenvalue weighted by molar-refractivity contribution is 6.15. The Bertz CT molecular complexity index is 1420. The number of carbonyl (C=O) groups is 3. The Balaban J connectivity index is 1.59. The molecule has 0 aliphatic carbocycles. The first-order valence-corrected chi connectivity index (χ1v) is 16.5. The van der Waals surface area contributed by atoms with Gasteiger partial charge in [-0.05, 0) is 70.9 Å². The van der Waals surface area contributed by atoms with Crippen LogP contribution in [0.1, 0.15) is 61.3 Å². The molecule has 4 heterocycles. The summed E-state index contributed by atoms with van der Waals surface area (Å²) < 4.78 is 19.7. The first-order chi connectivity index (χ1) is 22.3. The zero-order valence-corrected chi connectivity index (χ0v) is 28.9. The van der Waals surface area contributed by atoms with E-state index in [0.717, 1.165) is 5.69 Å². The lowest BCUT2D eigenvalue weighted by atomic mass is 9.62. The summed E-state index contributed by atoms with van der Waals surface area (Å²) in [6, 6.07) is 4.85. The van der Waals surface area contributed by atoms with Crippen molar-refractivity contribution in [2.75, 3.05) is 20.2 Å². The average Bonchev–Trinajstić information content (AvgIpc) is 3.64. The van der Waals surface area contributed by atoms with Gasteiger partial charge in [0.2, 0.25) is 0 Å². The maximum Gasteiger partial charge on any atom is 0.411 e. The number of esters is 1. The maximum absolute atomic E-state index is 13.5. The number of allylic oxidation sites excluding steroid dienone is 1. The molecule has 0 saturated carbocycles. The van der Waals surface area contributed by atoms with E-state index in [1.54, 1.807) is 36.7 Å². The number of pyridine rings is 1. The molecule has 0 bridgehead atoms. The lowest BCUT2D eigenvalue weighted by Gasteiger charge is -2.41. The van der Waals surface area contributed by atoms with E-state index in [0.29, 0.717) is 31.6 Å². The SMILES string of the molecule is [B][C@@H]1[C@@H](C)C(=O)[C@@H](C)C(=O)O[C@H](CC)[C@@]2(C)OC(=O)N(C/C=C/Cn3cc(-c4ccccn4)nn3)[C@@H]2[C@@H](C)NC[C@H](C)C[C@@]1(C)OC. The van der Waals surface area contributed by atoms with Gasteiger partial charge in [0.05, 0.1) is 37.9 Å². The number of Topliss-reactive ketones (excluding diaryl/α,β-unsaturated/α-hetero) is 1. The van der Waals surface area contributed by atoms with Crippen molar-refractivity contribution >= 4 is 25.7 Å². The zero-order valence-electron chi connectivity index (χ0n) is 28.9. The second kappa shape index (κ2) is 15.1. The van der Waals surface area contributed by atoms with Gasteiger partial charge in [-0.3, -0.25) is 19.5 Å². The minimum Gasteiger partial charge on any atom is -0.458 e. The first kappa shape index (κ1) is 36.3. The smallest absolute Gasteiger partial charge is 0.411 e. The molecular weight excluding hydrogens is 599 g/mol. The van der Waals surface area contributed by atoms with Crippen molar-refractivity contribution in [2.24, 2.45) is 17.8 Å². The van der Waals surface area contributed by atoms with Gasteiger partial charge >= 0.3 is 12.1 Å². The summed E-state index contributed by atoms with van der Waals surface area (Å²) in [6.45, 7) is 14.3. The van der Waals surface area contributed by atoms with Crippen molar-refractivity contribution < 1.29 is 28.6 Å². The topological polar surface area (TPSA) is 138 Å². The highest BCUT2D eigenvalue weighted by Gasteiger charge is 2.58. The van der Waals surface area contributed by atoms with E-state index >= 15 is 0 Å². The third-order valence-electron chi connectivity index (χ3n) is 9.92. The van der Waals surface area contributed by atoms with Gasteiger partial charge in [0, 0.05) is 31.8 Å². The Morgan fingerprint density at radius 2 is 1.83 bits per heavy atom. The number of aromatic nitrogens is 4. The van der Waals surface area contributed by atoms with Crippen LogP contribution in [0.3, 0.4) is 0 Å². The molecule has 1 N–H and O–H groups in total. The normalized spacial score (nSPS) is 34.4. The summed E-state index contributed by atoms with van der Waals surface area (Å²) in [5, 5.41) is 12.0. The molecule has 2 aromatic rings. The number of rotatable bonds is 7. The van der Waals surface area contributed by atoms with Crippen molar-refractivity contribution in [2.45, 2.75) is 103 Å². The molecule has 2 aliphatic rings. The van der Waals surface area contributed by atoms with E-state index in [9.17, 15) is 14.4 Å². The Morgan fingerprint density at radius 3 is 2.49 bits per heavy atom. The number of nitrogens with one attached hydrogen (secondary N) is 1. The van der Waals surface area contributed by atoms with Crippen LogP contribution in [0.5, 0.6) is 0 Å². The lowest BCUT2D eigenvalue weighted by molar-refractivity contribution is -0.170. The van der Waals surface area contributed by atoms with Crippen molar-refractivity contribution in [3.63, 3.8) is 0 Å². The lowest BCUT2D eigenvalue weighted by Crippen LogP contribution is -2.60. The molecule has 254 valence electrons. The average molecular weight is 649 g/mol. The molecule has 1 amide bonds.